The minimum Gasteiger partial charge on any atom is -0.494 e. The van der Waals surface area contributed by atoms with Crippen LogP contribution in [0.25, 0.3) is 0 Å². The van der Waals surface area contributed by atoms with Gasteiger partial charge >= 0.3 is 0 Å². The summed E-state index contributed by atoms with van der Waals surface area (Å²) < 4.78 is 5.67. The fraction of sp³-hybridized carbons (Fsp3) is 0.562. The third kappa shape index (κ3) is 7.79. The fourth-order valence-corrected chi connectivity index (χ4v) is 1.68. The molecular formula is C16H26N2O2. The molecule has 0 aliphatic rings. The van der Waals surface area contributed by atoms with Crippen LogP contribution in [0.1, 0.15) is 32.8 Å². The average molecular weight is 278 g/mol. The van der Waals surface area contributed by atoms with Gasteiger partial charge in [-0.05, 0) is 30.0 Å². The van der Waals surface area contributed by atoms with E-state index in [0.29, 0.717) is 12.5 Å². The molecule has 1 aromatic carbocycles. The predicted octanol–water partition coefficient (Wildman–Crippen LogP) is 2.34. The van der Waals surface area contributed by atoms with E-state index in [4.69, 9.17) is 4.74 Å². The van der Waals surface area contributed by atoms with Gasteiger partial charge < -0.3 is 15.4 Å². The van der Waals surface area contributed by atoms with Gasteiger partial charge in [0.2, 0.25) is 5.91 Å². The Balaban J connectivity index is 2.19. The topological polar surface area (TPSA) is 50.4 Å². The molecule has 4 heteroatoms. The van der Waals surface area contributed by atoms with Crippen LogP contribution < -0.4 is 15.4 Å². The second-order valence-corrected chi connectivity index (χ2v) is 5.33. The van der Waals surface area contributed by atoms with E-state index in [-0.39, 0.29) is 5.91 Å². The summed E-state index contributed by atoms with van der Waals surface area (Å²) in [6.07, 6.45) is 1.08. The molecule has 0 saturated carbocycles. The third-order valence-corrected chi connectivity index (χ3v) is 2.89. The molecule has 0 unspecified atom stereocenters. The zero-order chi connectivity index (χ0) is 14.8. The number of carbonyl (C=O) groups excluding carboxylic acids is 1. The average Bonchev–Trinajstić information content (AvgIpc) is 2.39. The summed E-state index contributed by atoms with van der Waals surface area (Å²) in [5, 5.41) is 6.03. The molecule has 0 spiro atoms. The van der Waals surface area contributed by atoms with Crippen LogP contribution in [0.15, 0.2) is 24.3 Å². The van der Waals surface area contributed by atoms with Gasteiger partial charge in [0.05, 0.1) is 6.61 Å². The molecule has 0 aromatic heterocycles. The lowest BCUT2D eigenvalue weighted by Gasteiger charge is -2.09. The van der Waals surface area contributed by atoms with Crippen molar-refractivity contribution in [3.8, 4) is 5.75 Å². The lowest BCUT2D eigenvalue weighted by molar-refractivity contribution is -0.118. The van der Waals surface area contributed by atoms with Crippen molar-refractivity contribution in [2.24, 2.45) is 5.92 Å². The van der Waals surface area contributed by atoms with E-state index in [1.807, 2.05) is 12.1 Å². The van der Waals surface area contributed by atoms with E-state index >= 15 is 0 Å². The molecule has 1 amide bonds. The molecule has 0 radical (unpaired) electrons. The number of rotatable bonds is 9. The maximum atomic E-state index is 10.7. The number of benzene rings is 1. The first-order valence-electron chi connectivity index (χ1n) is 7.25. The van der Waals surface area contributed by atoms with Crippen LogP contribution in [0.4, 0.5) is 0 Å². The monoisotopic (exact) mass is 278 g/mol. The SMILES string of the molecule is CC(=O)NCCNCc1ccc(OCCC(C)C)cc1. The molecule has 4 nitrogen and oxygen atoms in total. The van der Waals surface area contributed by atoms with Crippen molar-refractivity contribution >= 4 is 5.91 Å². The summed E-state index contributed by atoms with van der Waals surface area (Å²) in [6.45, 7) is 8.91. The van der Waals surface area contributed by atoms with Crippen molar-refractivity contribution in [2.45, 2.75) is 33.7 Å². The Kier molecular flexibility index (Phi) is 7.73. The lowest BCUT2D eigenvalue weighted by Crippen LogP contribution is -2.29. The Bertz CT molecular complexity index is 388. The molecular weight excluding hydrogens is 252 g/mol. The lowest BCUT2D eigenvalue weighted by atomic mass is 10.1. The van der Waals surface area contributed by atoms with Crippen molar-refractivity contribution in [2.75, 3.05) is 19.7 Å². The Hall–Kier alpha value is -1.55. The Morgan fingerprint density at radius 2 is 1.90 bits per heavy atom. The number of hydrogen-bond acceptors (Lipinski definition) is 3. The Morgan fingerprint density at radius 1 is 1.20 bits per heavy atom. The van der Waals surface area contributed by atoms with E-state index < -0.39 is 0 Å². The van der Waals surface area contributed by atoms with Crippen LogP contribution in [-0.2, 0) is 11.3 Å². The first kappa shape index (κ1) is 16.5. The molecule has 0 atom stereocenters. The highest BCUT2D eigenvalue weighted by Gasteiger charge is 1.98. The summed E-state index contributed by atoms with van der Waals surface area (Å²) in [6, 6.07) is 8.14. The maximum Gasteiger partial charge on any atom is 0.216 e. The molecule has 112 valence electrons. The normalized spacial score (nSPS) is 10.6. The summed E-state index contributed by atoms with van der Waals surface area (Å²) in [5.41, 5.74) is 1.21. The highest BCUT2D eigenvalue weighted by Crippen LogP contribution is 2.13. The van der Waals surface area contributed by atoms with Crippen LogP contribution in [0.2, 0.25) is 0 Å². The van der Waals surface area contributed by atoms with Crippen molar-refractivity contribution in [1.29, 1.82) is 0 Å². The van der Waals surface area contributed by atoms with E-state index in [2.05, 4.69) is 36.6 Å². The number of amides is 1. The van der Waals surface area contributed by atoms with E-state index in [1.54, 1.807) is 0 Å². The summed E-state index contributed by atoms with van der Waals surface area (Å²) in [7, 11) is 0. The molecule has 0 fully saturated rings. The van der Waals surface area contributed by atoms with Gasteiger partial charge in [-0.1, -0.05) is 26.0 Å². The minimum atomic E-state index is 0.00898. The zero-order valence-corrected chi connectivity index (χ0v) is 12.7. The number of nitrogens with one attached hydrogen (secondary N) is 2. The van der Waals surface area contributed by atoms with Crippen LogP contribution in [0.5, 0.6) is 5.75 Å². The van der Waals surface area contributed by atoms with Gasteiger partial charge in [0, 0.05) is 26.6 Å². The fourth-order valence-electron chi connectivity index (χ4n) is 1.68. The van der Waals surface area contributed by atoms with Crippen LogP contribution in [-0.4, -0.2) is 25.6 Å². The highest BCUT2D eigenvalue weighted by molar-refractivity contribution is 5.72. The van der Waals surface area contributed by atoms with E-state index in [9.17, 15) is 4.79 Å². The Morgan fingerprint density at radius 3 is 2.50 bits per heavy atom. The number of hydrogen-bond donors (Lipinski definition) is 2. The second-order valence-electron chi connectivity index (χ2n) is 5.33. The minimum absolute atomic E-state index is 0.00898. The standard InChI is InChI=1S/C16H26N2O2/c1-13(2)8-11-20-16-6-4-15(5-7-16)12-17-9-10-18-14(3)19/h4-7,13,17H,8-12H2,1-3H3,(H,18,19). The summed E-state index contributed by atoms with van der Waals surface area (Å²) in [5.74, 6) is 1.60. The van der Waals surface area contributed by atoms with Gasteiger partial charge in [-0.15, -0.1) is 0 Å². The Labute approximate surface area is 121 Å². The smallest absolute Gasteiger partial charge is 0.216 e. The molecule has 1 aromatic rings. The molecule has 2 N–H and O–H groups in total. The van der Waals surface area contributed by atoms with Crippen molar-refractivity contribution in [3.05, 3.63) is 29.8 Å². The summed E-state index contributed by atoms with van der Waals surface area (Å²) in [4.78, 5) is 10.7. The number of ether oxygens (including phenoxy) is 1. The first-order chi connectivity index (χ1) is 9.58. The molecule has 0 aliphatic heterocycles. The van der Waals surface area contributed by atoms with Gasteiger partial charge in [0.15, 0.2) is 0 Å². The van der Waals surface area contributed by atoms with Crippen molar-refractivity contribution in [1.82, 2.24) is 10.6 Å². The van der Waals surface area contributed by atoms with Crippen LogP contribution >= 0.6 is 0 Å². The largest absolute Gasteiger partial charge is 0.494 e. The van der Waals surface area contributed by atoms with Crippen LogP contribution in [0.3, 0.4) is 0 Å². The predicted molar refractivity (Wildman–Crippen MR) is 81.8 cm³/mol. The molecule has 0 aliphatic carbocycles. The molecule has 0 bridgehead atoms. The van der Waals surface area contributed by atoms with Gasteiger partial charge in [-0.2, -0.15) is 0 Å². The molecule has 0 saturated heterocycles. The van der Waals surface area contributed by atoms with Gasteiger partial charge in [-0.3, -0.25) is 4.79 Å². The number of carbonyl (C=O) groups is 1. The summed E-state index contributed by atoms with van der Waals surface area (Å²) >= 11 is 0. The molecule has 1 rings (SSSR count). The van der Waals surface area contributed by atoms with Crippen LogP contribution in [0, 0.1) is 5.92 Å². The van der Waals surface area contributed by atoms with Gasteiger partial charge in [0.25, 0.3) is 0 Å². The van der Waals surface area contributed by atoms with E-state index in [1.165, 1.54) is 12.5 Å². The van der Waals surface area contributed by atoms with Gasteiger partial charge in [-0.25, -0.2) is 0 Å². The van der Waals surface area contributed by atoms with E-state index in [0.717, 1.165) is 31.9 Å². The zero-order valence-electron chi connectivity index (χ0n) is 12.7. The second kappa shape index (κ2) is 9.37. The quantitative estimate of drug-likeness (QED) is 0.682. The van der Waals surface area contributed by atoms with Crippen molar-refractivity contribution < 1.29 is 9.53 Å². The third-order valence-electron chi connectivity index (χ3n) is 2.89. The van der Waals surface area contributed by atoms with Crippen molar-refractivity contribution in [3.63, 3.8) is 0 Å². The molecule has 20 heavy (non-hydrogen) atoms. The highest BCUT2D eigenvalue weighted by atomic mass is 16.5. The van der Waals surface area contributed by atoms with Gasteiger partial charge in [0.1, 0.15) is 5.75 Å². The molecule has 0 heterocycles. The maximum absolute atomic E-state index is 10.7. The first-order valence-corrected chi connectivity index (χ1v) is 7.25.